The summed E-state index contributed by atoms with van der Waals surface area (Å²) in [4.78, 5) is 32.9. The molecule has 7 rings (SSSR count). The molecule has 210 valence electrons. The number of carboxylic acids is 1. The van der Waals surface area contributed by atoms with E-state index in [1.54, 1.807) is 6.07 Å². The average Bonchev–Trinajstić information content (AvgIpc) is 3.78. The SMILES string of the molecule is CC1CCCN1C(=O)Cn1c(-c2ccc3nc(-c4cccn4C)ccc3c2)c(-c2ccccc2)c2sc(C(=O)O)cc21. The highest BCUT2D eigenvalue weighted by molar-refractivity contribution is 7.21. The van der Waals surface area contributed by atoms with Crippen molar-refractivity contribution in [2.75, 3.05) is 6.54 Å². The van der Waals surface area contributed by atoms with E-state index in [1.807, 2.05) is 71.2 Å². The smallest absolute Gasteiger partial charge is 0.345 e. The summed E-state index contributed by atoms with van der Waals surface area (Å²) in [6, 6.07) is 26.4. The Kier molecular flexibility index (Phi) is 6.43. The van der Waals surface area contributed by atoms with Crippen LogP contribution in [-0.2, 0) is 18.4 Å². The summed E-state index contributed by atoms with van der Waals surface area (Å²) >= 11 is 1.26. The van der Waals surface area contributed by atoms with Gasteiger partial charge in [0.05, 0.1) is 32.8 Å². The third-order valence-electron chi connectivity index (χ3n) is 8.35. The summed E-state index contributed by atoms with van der Waals surface area (Å²) in [6.45, 7) is 2.99. The molecule has 1 fully saturated rings. The van der Waals surface area contributed by atoms with Crippen LogP contribution in [0.2, 0.25) is 0 Å². The molecule has 0 saturated carbocycles. The number of likely N-dealkylation sites (tertiary alicyclic amines) is 1. The van der Waals surface area contributed by atoms with Crippen LogP contribution in [0.4, 0.5) is 0 Å². The number of nitrogens with zero attached hydrogens (tertiary/aromatic N) is 4. The highest BCUT2D eigenvalue weighted by Crippen LogP contribution is 2.45. The molecular weight excluding hydrogens is 544 g/mol. The first-order valence-corrected chi connectivity index (χ1v) is 15.0. The van der Waals surface area contributed by atoms with Crippen LogP contribution in [0.15, 0.2) is 85.1 Å². The Morgan fingerprint density at radius 3 is 2.55 bits per heavy atom. The first-order valence-electron chi connectivity index (χ1n) is 14.2. The highest BCUT2D eigenvalue weighted by atomic mass is 32.1. The molecule has 1 amide bonds. The number of amides is 1. The van der Waals surface area contributed by atoms with Crippen molar-refractivity contribution in [1.29, 1.82) is 0 Å². The van der Waals surface area contributed by atoms with Gasteiger partial charge in [0, 0.05) is 36.8 Å². The summed E-state index contributed by atoms with van der Waals surface area (Å²) in [6.07, 6.45) is 4.01. The van der Waals surface area contributed by atoms with Crippen LogP contribution >= 0.6 is 11.3 Å². The van der Waals surface area contributed by atoms with Crippen LogP contribution in [0, 0.1) is 0 Å². The molecule has 4 aromatic heterocycles. The molecule has 0 spiro atoms. The van der Waals surface area contributed by atoms with Crippen LogP contribution < -0.4 is 0 Å². The molecule has 42 heavy (non-hydrogen) atoms. The minimum absolute atomic E-state index is 0.0514. The minimum Gasteiger partial charge on any atom is -0.477 e. The molecule has 1 atom stereocenters. The number of pyridine rings is 1. The van der Waals surface area contributed by atoms with Crippen LogP contribution in [0.25, 0.3) is 54.9 Å². The molecule has 1 unspecified atom stereocenters. The lowest BCUT2D eigenvalue weighted by Crippen LogP contribution is -2.36. The third-order valence-corrected chi connectivity index (χ3v) is 9.48. The quantitative estimate of drug-likeness (QED) is 0.226. The number of aromatic nitrogens is 3. The number of thiophene rings is 1. The number of hydrogen-bond acceptors (Lipinski definition) is 4. The molecule has 0 aliphatic carbocycles. The van der Waals surface area contributed by atoms with Gasteiger partial charge < -0.3 is 19.1 Å². The van der Waals surface area contributed by atoms with Crippen molar-refractivity contribution >= 4 is 44.3 Å². The fourth-order valence-electron chi connectivity index (χ4n) is 6.24. The fourth-order valence-corrected chi connectivity index (χ4v) is 7.31. The van der Waals surface area contributed by atoms with E-state index in [0.29, 0.717) is 0 Å². The van der Waals surface area contributed by atoms with Gasteiger partial charge >= 0.3 is 5.97 Å². The summed E-state index contributed by atoms with van der Waals surface area (Å²) in [5.74, 6) is -0.913. The Labute approximate surface area is 247 Å². The molecule has 1 aliphatic rings. The van der Waals surface area contributed by atoms with Crippen molar-refractivity contribution in [2.45, 2.75) is 32.4 Å². The molecule has 7 nitrogen and oxygen atoms in total. The average molecular weight is 575 g/mol. The van der Waals surface area contributed by atoms with Crippen LogP contribution in [0.3, 0.4) is 0 Å². The van der Waals surface area contributed by atoms with Gasteiger partial charge in [0.15, 0.2) is 0 Å². The Bertz CT molecular complexity index is 1980. The van der Waals surface area contributed by atoms with Crippen molar-refractivity contribution in [2.24, 2.45) is 7.05 Å². The Hall–Kier alpha value is -4.69. The molecule has 6 aromatic rings. The summed E-state index contributed by atoms with van der Waals surface area (Å²) in [5.41, 5.74) is 7.39. The number of carboxylic acid groups (broad SMARTS) is 1. The van der Waals surface area contributed by atoms with E-state index < -0.39 is 5.97 Å². The second kappa shape index (κ2) is 10.3. The first-order chi connectivity index (χ1) is 20.4. The number of benzene rings is 2. The third kappa shape index (κ3) is 4.39. The molecule has 1 N–H and O–H groups in total. The molecular formula is C34H30N4O3S. The van der Waals surface area contributed by atoms with Crippen LogP contribution in [0.5, 0.6) is 0 Å². The molecule has 0 radical (unpaired) electrons. The van der Waals surface area contributed by atoms with Gasteiger partial charge in [-0.2, -0.15) is 0 Å². The summed E-state index contributed by atoms with van der Waals surface area (Å²) < 4.78 is 4.95. The lowest BCUT2D eigenvalue weighted by atomic mass is 9.99. The fraction of sp³-hybridized carbons (Fsp3) is 0.206. The zero-order chi connectivity index (χ0) is 29.0. The topological polar surface area (TPSA) is 80.4 Å². The number of fused-ring (bicyclic) bond motifs is 2. The number of aryl methyl sites for hydroxylation is 1. The van der Waals surface area contributed by atoms with Gasteiger partial charge in [-0.1, -0.05) is 42.5 Å². The van der Waals surface area contributed by atoms with E-state index in [4.69, 9.17) is 4.98 Å². The first kappa shape index (κ1) is 26.2. The van der Waals surface area contributed by atoms with Crippen LogP contribution in [-0.4, -0.2) is 48.6 Å². The van der Waals surface area contributed by atoms with E-state index in [-0.39, 0.29) is 23.4 Å². The van der Waals surface area contributed by atoms with Gasteiger partial charge in [0.25, 0.3) is 0 Å². The van der Waals surface area contributed by atoms with Crippen molar-refractivity contribution < 1.29 is 14.7 Å². The Morgan fingerprint density at radius 1 is 1.00 bits per heavy atom. The van der Waals surface area contributed by atoms with Crippen molar-refractivity contribution in [3.05, 3.63) is 89.9 Å². The van der Waals surface area contributed by atoms with Gasteiger partial charge in [-0.25, -0.2) is 9.78 Å². The number of aromatic carboxylic acids is 1. The summed E-state index contributed by atoms with van der Waals surface area (Å²) in [7, 11) is 2.01. The maximum atomic E-state index is 13.7. The number of rotatable bonds is 6. The van der Waals surface area contributed by atoms with Gasteiger partial charge in [-0.3, -0.25) is 4.79 Å². The maximum Gasteiger partial charge on any atom is 0.345 e. The highest BCUT2D eigenvalue weighted by Gasteiger charge is 2.29. The van der Waals surface area contributed by atoms with E-state index >= 15 is 0 Å². The minimum atomic E-state index is -0.964. The molecule has 5 heterocycles. The largest absolute Gasteiger partial charge is 0.477 e. The van der Waals surface area contributed by atoms with Gasteiger partial charge in [0.1, 0.15) is 11.4 Å². The maximum absolute atomic E-state index is 13.7. The zero-order valence-electron chi connectivity index (χ0n) is 23.4. The molecule has 2 aromatic carbocycles. The zero-order valence-corrected chi connectivity index (χ0v) is 24.3. The molecule has 1 saturated heterocycles. The van der Waals surface area contributed by atoms with Crippen molar-refractivity contribution in [1.82, 2.24) is 19.0 Å². The van der Waals surface area contributed by atoms with Gasteiger partial charge in [0.2, 0.25) is 5.91 Å². The molecule has 1 aliphatic heterocycles. The normalized spacial score (nSPS) is 15.2. The number of hydrogen-bond donors (Lipinski definition) is 1. The molecule has 0 bridgehead atoms. The summed E-state index contributed by atoms with van der Waals surface area (Å²) in [5, 5.41) is 10.9. The number of carbonyl (C=O) groups excluding carboxylic acids is 1. The number of carbonyl (C=O) groups is 2. The van der Waals surface area contributed by atoms with Crippen molar-refractivity contribution in [3.63, 3.8) is 0 Å². The van der Waals surface area contributed by atoms with Gasteiger partial charge in [-0.15, -0.1) is 11.3 Å². The second-order valence-electron chi connectivity index (χ2n) is 11.0. The van der Waals surface area contributed by atoms with Crippen molar-refractivity contribution in [3.8, 4) is 33.8 Å². The lowest BCUT2D eigenvalue weighted by Gasteiger charge is -2.23. The van der Waals surface area contributed by atoms with E-state index in [1.165, 1.54) is 11.3 Å². The predicted octanol–water partition coefficient (Wildman–Crippen LogP) is 7.30. The molecule has 8 heteroatoms. The standard InChI is InChI=1S/C34H30N4O3S/c1-21-8-6-17-37(21)30(39)20-38-28-19-29(34(40)41)42-33(28)31(22-9-4-3-5-10-22)32(38)24-13-14-25-23(18-24)12-15-26(35-25)27-11-7-16-36(27)2/h3-5,7,9-16,18-19,21H,6,8,17,20H2,1-2H3,(H,40,41). The van der Waals surface area contributed by atoms with E-state index in [0.717, 1.165) is 74.3 Å². The Morgan fingerprint density at radius 2 is 1.83 bits per heavy atom. The van der Waals surface area contributed by atoms with Crippen LogP contribution in [0.1, 0.15) is 29.4 Å². The van der Waals surface area contributed by atoms with E-state index in [2.05, 4.69) is 35.8 Å². The monoisotopic (exact) mass is 574 g/mol. The van der Waals surface area contributed by atoms with E-state index in [9.17, 15) is 14.7 Å². The second-order valence-corrected chi connectivity index (χ2v) is 12.0. The predicted molar refractivity (Wildman–Crippen MR) is 168 cm³/mol. The Balaban J connectivity index is 1.44. The van der Waals surface area contributed by atoms with Gasteiger partial charge in [-0.05, 0) is 67.3 Å². The lowest BCUT2D eigenvalue weighted by molar-refractivity contribution is -0.132.